The fourth-order valence-corrected chi connectivity index (χ4v) is 6.64. The minimum atomic E-state index is -1.11. The van der Waals surface area contributed by atoms with Crippen molar-refractivity contribution in [1.82, 2.24) is 15.2 Å². The van der Waals surface area contributed by atoms with Crippen molar-refractivity contribution in [2.45, 2.75) is 29.8 Å². The first-order valence-corrected chi connectivity index (χ1v) is 14.0. The molecule has 3 aromatic rings. The lowest BCUT2D eigenvalue weighted by Crippen LogP contribution is -2.69. The van der Waals surface area contributed by atoms with Crippen molar-refractivity contribution in [3.05, 3.63) is 88.9 Å². The number of piperazine rings is 1. The van der Waals surface area contributed by atoms with Gasteiger partial charge in [0.15, 0.2) is 0 Å². The maximum absolute atomic E-state index is 13.9. The Morgan fingerprint density at radius 3 is 2.60 bits per heavy atom. The number of carbonyl (C=O) groups is 3. The molecular weight excluding hydrogens is 541 g/mol. The summed E-state index contributed by atoms with van der Waals surface area (Å²) >= 11 is 0. The maximum Gasteiger partial charge on any atom is 0.248 e. The molecule has 216 valence electrons. The Balaban J connectivity index is 1.11. The lowest BCUT2D eigenvalue weighted by molar-refractivity contribution is -0.151. The molecule has 3 amide bonds. The second-order valence-electron chi connectivity index (χ2n) is 11.4. The molecule has 10 nitrogen and oxygen atoms in total. The Labute approximate surface area is 241 Å². The second kappa shape index (κ2) is 10.3. The van der Waals surface area contributed by atoms with Gasteiger partial charge in [-0.1, -0.05) is 24.3 Å². The molecule has 0 bridgehead atoms. The van der Waals surface area contributed by atoms with Gasteiger partial charge in [-0.3, -0.25) is 19.7 Å². The third-order valence-corrected chi connectivity index (χ3v) is 8.78. The van der Waals surface area contributed by atoms with Crippen LogP contribution in [0.4, 0.5) is 15.9 Å². The van der Waals surface area contributed by atoms with Gasteiger partial charge in [0.05, 0.1) is 37.9 Å². The molecule has 0 radical (unpaired) electrons. The van der Waals surface area contributed by atoms with E-state index in [0.29, 0.717) is 49.7 Å². The molecule has 1 aliphatic carbocycles. The van der Waals surface area contributed by atoms with Crippen LogP contribution in [-0.4, -0.2) is 72.7 Å². The highest BCUT2D eigenvalue weighted by Crippen LogP contribution is 2.47. The third-order valence-electron chi connectivity index (χ3n) is 8.78. The number of halogens is 1. The SMILES string of the molecule is O=C(CN1C(=O)C2(COCCOC2)NC[C@H]1c1ccc(F)cc1)Nc1ccc2c(c1)CC1(C2)C(=O)Nc2ncccc21. The largest absolute Gasteiger partial charge is 0.376 e. The molecule has 0 saturated carbocycles. The Morgan fingerprint density at radius 1 is 1.05 bits per heavy atom. The molecule has 4 heterocycles. The third kappa shape index (κ3) is 4.44. The van der Waals surface area contributed by atoms with Crippen LogP contribution in [0, 0.1) is 5.82 Å². The van der Waals surface area contributed by atoms with E-state index in [1.165, 1.54) is 17.0 Å². The van der Waals surface area contributed by atoms with Crippen LogP contribution in [0.1, 0.15) is 28.3 Å². The summed E-state index contributed by atoms with van der Waals surface area (Å²) in [5.41, 5.74) is 2.39. The molecule has 42 heavy (non-hydrogen) atoms. The van der Waals surface area contributed by atoms with Crippen LogP contribution >= 0.6 is 0 Å². The lowest BCUT2D eigenvalue weighted by atomic mass is 9.79. The summed E-state index contributed by atoms with van der Waals surface area (Å²) in [7, 11) is 0. The number of amides is 3. The van der Waals surface area contributed by atoms with Gasteiger partial charge >= 0.3 is 0 Å². The molecule has 4 aliphatic rings. The number of hydrogen-bond acceptors (Lipinski definition) is 7. The Morgan fingerprint density at radius 2 is 1.81 bits per heavy atom. The van der Waals surface area contributed by atoms with Crippen LogP contribution in [0.3, 0.4) is 0 Å². The van der Waals surface area contributed by atoms with Crippen LogP contribution in [0.5, 0.6) is 0 Å². The van der Waals surface area contributed by atoms with Crippen LogP contribution < -0.4 is 16.0 Å². The summed E-state index contributed by atoms with van der Waals surface area (Å²) in [6.45, 7) is 1.13. The summed E-state index contributed by atoms with van der Waals surface area (Å²) in [6, 6.07) is 14.9. The first kappa shape index (κ1) is 26.7. The highest BCUT2D eigenvalue weighted by molar-refractivity contribution is 6.06. The summed E-state index contributed by atoms with van der Waals surface area (Å²) in [5, 5.41) is 9.15. The molecule has 11 heteroatoms. The number of carbonyl (C=O) groups excluding carboxylic acids is 3. The maximum atomic E-state index is 13.9. The Hall–Kier alpha value is -4.19. The number of pyridine rings is 1. The van der Waals surface area contributed by atoms with Gasteiger partial charge < -0.3 is 25.0 Å². The van der Waals surface area contributed by atoms with Crippen molar-refractivity contribution in [1.29, 1.82) is 0 Å². The Kier molecular flexibility index (Phi) is 6.52. The summed E-state index contributed by atoms with van der Waals surface area (Å²) in [5.74, 6) is -0.530. The molecular formula is C31H30FN5O5. The normalized spacial score (nSPS) is 24.3. The zero-order chi connectivity index (χ0) is 28.9. The van der Waals surface area contributed by atoms with E-state index in [1.807, 2.05) is 30.3 Å². The number of rotatable bonds is 4. The van der Waals surface area contributed by atoms with Gasteiger partial charge in [-0.15, -0.1) is 0 Å². The van der Waals surface area contributed by atoms with Gasteiger partial charge in [-0.25, -0.2) is 9.37 Å². The highest BCUT2D eigenvalue weighted by Gasteiger charge is 2.51. The number of benzene rings is 2. The van der Waals surface area contributed by atoms with E-state index >= 15 is 0 Å². The van der Waals surface area contributed by atoms with E-state index in [1.54, 1.807) is 18.3 Å². The van der Waals surface area contributed by atoms with Crippen molar-refractivity contribution in [2.24, 2.45) is 0 Å². The quantitative estimate of drug-likeness (QED) is 0.439. The van der Waals surface area contributed by atoms with E-state index in [2.05, 4.69) is 20.9 Å². The van der Waals surface area contributed by atoms with Gasteiger partial charge in [0.1, 0.15) is 23.7 Å². The summed E-state index contributed by atoms with van der Waals surface area (Å²) in [4.78, 5) is 46.3. The zero-order valence-electron chi connectivity index (χ0n) is 22.8. The fraction of sp³-hybridized carbons (Fsp3) is 0.355. The molecule has 2 saturated heterocycles. The fourth-order valence-electron chi connectivity index (χ4n) is 6.64. The topological polar surface area (TPSA) is 122 Å². The van der Waals surface area contributed by atoms with Gasteiger partial charge in [0.2, 0.25) is 17.7 Å². The van der Waals surface area contributed by atoms with Crippen molar-refractivity contribution in [3.63, 3.8) is 0 Å². The van der Waals surface area contributed by atoms with E-state index in [0.717, 1.165) is 16.7 Å². The molecule has 2 spiro atoms. The van der Waals surface area contributed by atoms with E-state index in [4.69, 9.17) is 9.47 Å². The number of aromatic nitrogens is 1. The van der Waals surface area contributed by atoms with Crippen molar-refractivity contribution >= 4 is 29.2 Å². The standard InChI is InChI=1S/C31H30FN5O5/c32-22-6-3-19(4-7-22)25-15-34-31(17-41-10-11-42-18-31)29(40)37(25)16-26(38)35-23-8-5-20-13-30(14-21(20)12-23)24-2-1-9-33-27(24)36-28(30)39/h1-9,12,25,34H,10-11,13-18H2,(H,35,38)(H,33,36,39)/t25-,30?/m0/s1. The molecule has 2 fully saturated rings. The number of nitrogens with one attached hydrogen (secondary N) is 3. The van der Waals surface area contributed by atoms with E-state index < -0.39 is 17.0 Å². The molecule has 7 rings (SSSR count). The van der Waals surface area contributed by atoms with Gasteiger partial charge in [0, 0.05) is 24.0 Å². The number of anilines is 2. The van der Waals surface area contributed by atoms with Crippen LogP contribution in [0.2, 0.25) is 0 Å². The number of ether oxygens (including phenoxy) is 2. The van der Waals surface area contributed by atoms with Gasteiger partial charge in [0.25, 0.3) is 0 Å². The van der Waals surface area contributed by atoms with Crippen LogP contribution in [-0.2, 0) is 42.1 Å². The molecule has 3 N–H and O–H groups in total. The number of nitrogens with zero attached hydrogens (tertiary/aromatic N) is 2. The summed E-state index contributed by atoms with van der Waals surface area (Å²) < 4.78 is 25.0. The smallest absolute Gasteiger partial charge is 0.248 e. The Bertz CT molecular complexity index is 1570. The minimum absolute atomic E-state index is 0.0672. The number of hydrogen-bond donors (Lipinski definition) is 3. The van der Waals surface area contributed by atoms with Crippen molar-refractivity contribution in [2.75, 3.05) is 50.2 Å². The van der Waals surface area contributed by atoms with Crippen LogP contribution in [0.25, 0.3) is 0 Å². The zero-order valence-corrected chi connectivity index (χ0v) is 22.8. The van der Waals surface area contributed by atoms with Crippen LogP contribution in [0.15, 0.2) is 60.8 Å². The molecule has 1 unspecified atom stereocenters. The second-order valence-corrected chi connectivity index (χ2v) is 11.4. The molecule has 3 aliphatic heterocycles. The van der Waals surface area contributed by atoms with Crippen molar-refractivity contribution < 1.29 is 28.2 Å². The molecule has 1 aromatic heterocycles. The average Bonchev–Trinajstić information content (AvgIpc) is 3.38. The van der Waals surface area contributed by atoms with Crippen molar-refractivity contribution in [3.8, 4) is 0 Å². The first-order valence-electron chi connectivity index (χ1n) is 14.0. The monoisotopic (exact) mass is 571 g/mol. The van der Waals surface area contributed by atoms with Gasteiger partial charge in [-0.05, 0) is 59.9 Å². The minimum Gasteiger partial charge on any atom is -0.376 e. The molecule has 2 aromatic carbocycles. The predicted molar refractivity (Wildman–Crippen MR) is 150 cm³/mol. The average molecular weight is 572 g/mol. The predicted octanol–water partition coefficient (Wildman–Crippen LogP) is 2.11. The van der Waals surface area contributed by atoms with Gasteiger partial charge in [-0.2, -0.15) is 0 Å². The summed E-state index contributed by atoms with van der Waals surface area (Å²) in [6.07, 6.45) is 2.72. The van der Waals surface area contributed by atoms with E-state index in [-0.39, 0.29) is 43.3 Å². The highest BCUT2D eigenvalue weighted by atomic mass is 19.1. The lowest BCUT2D eigenvalue weighted by Gasteiger charge is -2.45. The first-order chi connectivity index (χ1) is 20.4. The molecule has 2 atom stereocenters. The number of fused-ring (bicyclic) bond motifs is 3. The van der Waals surface area contributed by atoms with E-state index in [9.17, 15) is 18.8 Å².